The van der Waals surface area contributed by atoms with Gasteiger partial charge in [0.15, 0.2) is 0 Å². The molecule has 1 aromatic carbocycles. The van der Waals surface area contributed by atoms with Gasteiger partial charge < -0.3 is 0 Å². The van der Waals surface area contributed by atoms with Crippen molar-refractivity contribution < 1.29 is 4.79 Å². The van der Waals surface area contributed by atoms with Gasteiger partial charge in [-0.15, -0.1) is 0 Å². The van der Waals surface area contributed by atoms with Gasteiger partial charge in [0.1, 0.15) is 0 Å². The molecular weight excluding hydrogens is 220 g/mol. The van der Waals surface area contributed by atoms with Gasteiger partial charge in [-0.05, 0) is 66.8 Å². The Morgan fingerprint density at radius 2 is 1.81 bits per heavy atom. The van der Waals surface area contributed by atoms with Gasteiger partial charge in [-0.3, -0.25) is 4.79 Å². The Balaban J connectivity index is 2.00. The van der Waals surface area contributed by atoms with Gasteiger partial charge in [-0.25, -0.2) is 0 Å². The lowest BCUT2D eigenvalue weighted by molar-refractivity contribution is -0.113. The Morgan fingerprint density at radius 1 is 1.12 bits per heavy atom. The van der Waals surface area contributed by atoms with Gasteiger partial charge in [-0.2, -0.15) is 0 Å². The molecule has 3 rings (SSSR count). The van der Waals surface area contributed by atoms with Crippen molar-refractivity contribution in [2.75, 3.05) is 0 Å². The summed E-state index contributed by atoms with van der Waals surface area (Å²) >= 11 is 5.71. The molecule has 0 saturated heterocycles. The summed E-state index contributed by atoms with van der Waals surface area (Å²) in [7, 11) is 0. The highest BCUT2D eigenvalue weighted by atomic mass is 35.5. The number of halogens is 1. The minimum atomic E-state index is -0.325. The van der Waals surface area contributed by atoms with Crippen LogP contribution in [-0.4, -0.2) is 5.24 Å². The second kappa shape index (κ2) is 3.59. The quantitative estimate of drug-likeness (QED) is 0.718. The highest BCUT2D eigenvalue weighted by Crippen LogP contribution is 2.50. The second-order valence-electron chi connectivity index (χ2n) is 5.05. The molecule has 0 aliphatic heterocycles. The fourth-order valence-electron chi connectivity index (χ4n) is 2.75. The topological polar surface area (TPSA) is 17.1 Å². The third-order valence-corrected chi connectivity index (χ3v) is 4.39. The van der Waals surface area contributed by atoms with E-state index in [1.54, 1.807) is 0 Å². The molecule has 84 valence electrons. The molecule has 1 fully saturated rings. The normalized spacial score (nSPS) is 21.3. The van der Waals surface area contributed by atoms with Crippen molar-refractivity contribution in [1.29, 1.82) is 0 Å². The minimum Gasteiger partial charge on any atom is -0.280 e. The lowest BCUT2D eigenvalue weighted by Crippen LogP contribution is -2.16. The second-order valence-corrected chi connectivity index (χ2v) is 5.39. The van der Waals surface area contributed by atoms with E-state index in [9.17, 15) is 4.79 Å². The Kier molecular flexibility index (Phi) is 2.32. The molecule has 2 aliphatic carbocycles. The molecule has 1 aromatic rings. The van der Waals surface area contributed by atoms with Crippen LogP contribution in [0, 0.1) is 0 Å². The van der Waals surface area contributed by atoms with Crippen molar-refractivity contribution in [2.45, 2.75) is 43.9 Å². The largest absolute Gasteiger partial charge is 0.280 e. The molecule has 0 aromatic heterocycles. The summed E-state index contributed by atoms with van der Waals surface area (Å²) < 4.78 is 0. The van der Waals surface area contributed by atoms with Gasteiger partial charge in [-0.1, -0.05) is 18.2 Å². The molecule has 0 radical (unpaired) electrons. The number of aryl methyl sites for hydroxylation is 2. The Hall–Kier alpha value is -0.820. The van der Waals surface area contributed by atoms with Crippen LogP contribution < -0.4 is 0 Å². The maximum atomic E-state index is 11.5. The van der Waals surface area contributed by atoms with Crippen LogP contribution in [-0.2, 0) is 23.1 Å². The lowest BCUT2D eigenvalue weighted by Gasteiger charge is -2.19. The highest BCUT2D eigenvalue weighted by molar-refractivity contribution is 6.66. The van der Waals surface area contributed by atoms with E-state index >= 15 is 0 Å². The molecule has 0 unspecified atom stereocenters. The van der Waals surface area contributed by atoms with Gasteiger partial charge in [0.05, 0.1) is 5.41 Å². The predicted molar refractivity (Wildman–Crippen MR) is 64.9 cm³/mol. The van der Waals surface area contributed by atoms with Crippen LogP contribution in [0.15, 0.2) is 18.2 Å². The average Bonchev–Trinajstić information content (AvgIpc) is 3.09. The molecule has 16 heavy (non-hydrogen) atoms. The zero-order valence-corrected chi connectivity index (χ0v) is 10.0. The summed E-state index contributed by atoms with van der Waals surface area (Å²) in [6.45, 7) is 0. The zero-order valence-electron chi connectivity index (χ0n) is 9.26. The van der Waals surface area contributed by atoms with E-state index in [1.165, 1.54) is 30.4 Å². The number of hydrogen-bond donors (Lipinski definition) is 0. The number of hydrogen-bond acceptors (Lipinski definition) is 1. The number of benzene rings is 1. The maximum absolute atomic E-state index is 11.5. The SMILES string of the molecule is O=C(Cl)C1(c2ccc3c(c2)CCCC3)CC1. The lowest BCUT2D eigenvalue weighted by atomic mass is 9.87. The first kappa shape index (κ1) is 10.3. The zero-order chi connectivity index (χ0) is 11.2. The molecule has 1 saturated carbocycles. The van der Waals surface area contributed by atoms with E-state index in [2.05, 4.69) is 18.2 Å². The van der Waals surface area contributed by atoms with Crippen LogP contribution >= 0.6 is 11.6 Å². The van der Waals surface area contributed by atoms with Crippen LogP contribution in [0.25, 0.3) is 0 Å². The van der Waals surface area contributed by atoms with Crippen LogP contribution in [0.1, 0.15) is 42.4 Å². The minimum absolute atomic E-state index is 0.178. The third-order valence-electron chi connectivity index (χ3n) is 4.03. The molecule has 0 atom stereocenters. The van der Waals surface area contributed by atoms with Crippen molar-refractivity contribution in [2.24, 2.45) is 0 Å². The molecule has 0 spiro atoms. The maximum Gasteiger partial charge on any atom is 0.232 e. The Labute approximate surface area is 101 Å². The Bertz CT molecular complexity index is 446. The molecule has 0 bridgehead atoms. The van der Waals surface area contributed by atoms with Crippen molar-refractivity contribution >= 4 is 16.8 Å². The monoisotopic (exact) mass is 234 g/mol. The first-order valence-electron chi connectivity index (χ1n) is 6.05. The van der Waals surface area contributed by atoms with E-state index in [1.807, 2.05) is 0 Å². The van der Waals surface area contributed by atoms with E-state index < -0.39 is 0 Å². The number of carbonyl (C=O) groups is 1. The van der Waals surface area contributed by atoms with Gasteiger partial charge in [0.2, 0.25) is 5.24 Å². The smallest absolute Gasteiger partial charge is 0.232 e. The molecule has 2 heteroatoms. The molecule has 0 amide bonds. The molecule has 1 nitrogen and oxygen atoms in total. The molecule has 2 aliphatic rings. The van der Waals surface area contributed by atoms with Gasteiger partial charge >= 0.3 is 0 Å². The Morgan fingerprint density at radius 3 is 2.44 bits per heavy atom. The molecular formula is C14H15ClO. The third kappa shape index (κ3) is 1.49. The number of fused-ring (bicyclic) bond motifs is 1. The summed E-state index contributed by atoms with van der Waals surface area (Å²) in [4.78, 5) is 11.5. The summed E-state index contributed by atoms with van der Waals surface area (Å²) in [5, 5.41) is -0.178. The summed E-state index contributed by atoms with van der Waals surface area (Å²) in [5.74, 6) is 0. The fraction of sp³-hybridized carbons (Fsp3) is 0.500. The van der Waals surface area contributed by atoms with E-state index in [0.717, 1.165) is 24.8 Å². The number of carbonyl (C=O) groups excluding carboxylic acids is 1. The van der Waals surface area contributed by atoms with E-state index in [4.69, 9.17) is 11.6 Å². The van der Waals surface area contributed by atoms with Crippen LogP contribution in [0.5, 0.6) is 0 Å². The standard InChI is InChI=1S/C14H15ClO/c15-13(16)14(7-8-14)12-6-5-10-3-1-2-4-11(10)9-12/h5-6,9H,1-4,7-8H2. The summed E-state index contributed by atoms with van der Waals surface area (Å²) in [6.07, 6.45) is 6.78. The van der Waals surface area contributed by atoms with Gasteiger partial charge in [0.25, 0.3) is 0 Å². The van der Waals surface area contributed by atoms with Crippen molar-refractivity contribution in [3.8, 4) is 0 Å². The van der Waals surface area contributed by atoms with Gasteiger partial charge in [0, 0.05) is 0 Å². The van der Waals surface area contributed by atoms with Crippen LogP contribution in [0.4, 0.5) is 0 Å². The average molecular weight is 235 g/mol. The molecule has 0 heterocycles. The van der Waals surface area contributed by atoms with Crippen molar-refractivity contribution in [1.82, 2.24) is 0 Å². The fourth-order valence-corrected chi connectivity index (χ4v) is 3.05. The van der Waals surface area contributed by atoms with E-state index in [0.29, 0.717) is 0 Å². The van der Waals surface area contributed by atoms with Crippen molar-refractivity contribution in [3.63, 3.8) is 0 Å². The van der Waals surface area contributed by atoms with Crippen LogP contribution in [0.2, 0.25) is 0 Å². The first-order chi connectivity index (χ1) is 7.72. The summed E-state index contributed by atoms with van der Waals surface area (Å²) in [6, 6.07) is 6.53. The molecule has 0 N–H and O–H groups in total. The number of rotatable bonds is 2. The summed E-state index contributed by atoms with van der Waals surface area (Å²) in [5.41, 5.74) is 3.72. The predicted octanol–water partition coefficient (Wildman–Crippen LogP) is 3.36. The van der Waals surface area contributed by atoms with Crippen molar-refractivity contribution in [3.05, 3.63) is 34.9 Å². The van der Waals surface area contributed by atoms with Crippen LogP contribution in [0.3, 0.4) is 0 Å². The highest BCUT2D eigenvalue weighted by Gasteiger charge is 2.50. The van der Waals surface area contributed by atoms with E-state index in [-0.39, 0.29) is 10.7 Å². The first-order valence-corrected chi connectivity index (χ1v) is 6.42.